The number of nitrogens with one attached hydrogen (secondary N) is 2. The third-order valence-corrected chi connectivity index (χ3v) is 6.18. The standard InChI is InChI=1S/C21H23N3O6S/c1-16-6-8-19(9-7-16)31(27,28)24(14-20(25)22-12-17-4-2-10-29-17)15-21(26)23-13-18-5-3-11-30-18/h2-11H,12-15H2,1H3,(H,22,25)(H,23,26). The van der Waals surface area contributed by atoms with Gasteiger partial charge in [0.2, 0.25) is 21.8 Å². The molecule has 0 aliphatic heterocycles. The van der Waals surface area contributed by atoms with Gasteiger partial charge in [-0.3, -0.25) is 9.59 Å². The van der Waals surface area contributed by atoms with Crippen molar-refractivity contribution in [3.8, 4) is 0 Å². The molecule has 0 spiro atoms. The average Bonchev–Trinajstić information content (AvgIpc) is 3.44. The van der Waals surface area contributed by atoms with Gasteiger partial charge in [-0.15, -0.1) is 0 Å². The van der Waals surface area contributed by atoms with Crippen LogP contribution in [0.15, 0.2) is 74.8 Å². The van der Waals surface area contributed by atoms with Crippen molar-refractivity contribution in [2.75, 3.05) is 13.1 Å². The molecule has 9 nitrogen and oxygen atoms in total. The van der Waals surface area contributed by atoms with Crippen LogP contribution in [0.25, 0.3) is 0 Å². The molecule has 0 aliphatic carbocycles. The molecule has 3 aromatic rings. The van der Waals surface area contributed by atoms with Crippen molar-refractivity contribution in [1.29, 1.82) is 0 Å². The van der Waals surface area contributed by atoms with Crippen LogP contribution in [-0.4, -0.2) is 37.6 Å². The van der Waals surface area contributed by atoms with Gasteiger partial charge >= 0.3 is 0 Å². The molecule has 2 heterocycles. The Kier molecular flexibility index (Phi) is 7.27. The normalized spacial score (nSPS) is 11.4. The minimum Gasteiger partial charge on any atom is -0.467 e. The molecule has 0 radical (unpaired) electrons. The van der Waals surface area contributed by atoms with Crippen molar-refractivity contribution >= 4 is 21.8 Å². The fourth-order valence-corrected chi connectivity index (χ4v) is 4.07. The molecule has 0 atom stereocenters. The van der Waals surface area contributed by atoms with Crippen LogP contribution in [0.4, 0.5) is 0 Å². The predicted octanol–water partition coefficient (Wildman–Crippen LogP) is 1.80. The molecule has 0 saturated carbocycles. The van der Waals surface area contributed by atoms with Gasteiger partial charge in [-0.05, 0) is 43.3 Å². The van der Waals surface area contributed by atoms with E-state index in [2.05, 4.69) is 10.6 Å². The zero-order chi connectivity index (χ0) is 22.3. The van der Waals surface area contributed by atoms with Crippen LogP contribution in [0.2, 0.25) is 0 Å². The van der Waals surface area contributed by atoms with E-state index in [0.717, 1.165) is 9.87 Å². The van der Waals surface area contributed by atoms with Gasteiger partial charge in [-0.25, -0.2) is 8.42 Å². The lowest BCUT2D eigenvalue weighted by molar-refractivity contribution is -0.123. The maximum atomic E-state index is 13.1. The second-order valence-corrected chi connectivity index (χ2v) is 8.74. The Balaban J connectivity index is 1.71. The molecule has 1 aromatic carbocycles. The van der Waals surface area contributed by atoms with Crippen LogP contribution < -0.4 is 10.6 Å². The summed E-state index contributed by atoms with van der Waals surface area (Å²) in [5, 5.41) is 5.18. The summed E-state index contributed by atoms with van der Waals surface area (Å²) in [6, 6.07) is 12.9. The number of hydrogen-bond acceptors (Lipinski definition) is 6. The summed E-state index contributed by atoms with van der Waals surface area (Å²) in [6.45, 7) is 0.998. The van der Waals surface area contributed by atoms with Gasteiger partial charge in [0, 0.05) is 0 Å². The van der Waals surface area contributed by atoms with Gasteiger partial charge < -0.3 is 19.5 Å². The predicted molar refractivity (Wildman–Crippen MR) is 111 cm³/mol. The second kappa shape index (κ2) is 10.1. The number of furan rings is 2. The van der Waals surface area contributed by atoms with E-state index in [9.17, 15) is 18.0 Å². The number of carbonyl (C=O) groups is 2. The zero-order valence-corrected chi connectivity index (χ0v) is 17.7. The van der Waals surface area contributed by atoms with Crippen molar-refractivity contribution in [3.63, 3.8) is 0 Å². The van der Waals surface area contributed by atoms with E-state index in [0.29, 0.717) is 11.5 Å². The highest BCUT2D eigenvalue weighted by molar-refractivity contribution is 7.89. The van der Waals surface area contributed by atoms with E-state index < -0.39 is 34.9 Å². The Morgan fingerprint density at radius 2 is 1.32 bits per heavy atom. The van der Waals surface area contributed by atoms with Crippen LogP contribution in [-0.2, 0) is 32.7 Å². The van der Waals surface area contributed by atoms with Gasteiger partial charge in [0.25, 0.3) is 0 Å². The SMILES string of the molecule is Cc1ccc(S(=O)(=O)N(CC(=O)NCc2ccco2)CC(=O)NCc2ccco2)cc1. The van der Waals surface area contributed by atoms with E-state index in [-0.39, 0.29) is 18.0 Å². The minimum absolute atomic E-state index is 0.00392. The number of hydrogen-bond donors (Lipinski definition) is 2. The molecule has 0 bridgehead atoms. The van der Waals surface area contributed by atoms with Gasteiger partial charge in [0.05, 0.1) is 43.6 Å². The molecule has 10 heteroatoms. The van der Waals surface area contributed by atoms with Crippen LogP contribution in [0.1, 0.15) is 17.1 Å². The molecule has 0 fully saturated rings. The Morgan fingerprint density at radius 3 is 1.74 bits per heavy atom. The second-order valence-electron chi connectivity index (χ2n) is 6.80. The van der Waals surface area contributed by atoms with E-state index >= 15 is 0 Å². The number of nitrogens with zero attached hydrogens (tertiary/aromatic N) is 1. The zero-order valence-electron chi connectivity index (χ0n) is 16.9. The lowest BCUT2D eigenvalue weighted by Gasteiger charge is -2.21. The van der Waals surface area contributed by atoms with E-state index in [4.69, 9.17) is 8.83 Å². The lowest BCUT2D eigenvalue weighted by atomic mass is 10.2. The maximum Gasteiger partial charge on any atom is 0.244 e. The molecular weight excluding hydrogens is 422 g/mol. The van der Waals surface area contributed by atoms with Crippen molar-refractivity contribution in [3.05, 3.63) is 78.1 Å². The first kappa shape index (κ1) is 22.3. The molecule has 0 saturated heterocycles. The lowest BCUT2D eigenvalue weighted by Crippen LogP contribution is -2.45. The maximum absolute atomic E-state index is 13.1. The number of sulfonamides is 1. The first-order chi connectivity index (χ1) is 14.8. The Bertz CT molecular complexity index is 1040. The van der Waals surface area contributed by atoms with Gasteiger partial charge in [-0.1, -0.05) is 17.7 Å². The Labute approximate surface area is 180 Å². The molecule has 0 aliphatic rings. The first-order valence-corrected chi connectivity index (χ1v) is 10.9. The Morgan fingerprint density at radius 1 is 0.839 bits per heavy atom. The molecule has 2 aromatic heterocycles. The van der Waals surface area contributed by atoms with Crippen molar-refractivity contribution < 1.29 is 26.8 Å². The smallest absolute Gasteiger partial charge is 0.244 e. The topological polar surface area (TPSA) is 122 Å². The molecule has 164 valence electrons. The van der Waals surface area contributed by atoms with Crippen molar-refractivity contribution in [1.82, 2.24) is 14.9 Å². The minimum atomic E-state index is -4.09. The summed E-state index contributed by atoms with van der Waals surface area (Å²) < 4.78 is 37.4. The number of carbonyl (C=O) groups excluding carboxylic acids is 2. The number of amides is 2. The Hall–Kier alpha value is -3.37. The number of benzene rings is 1. The first-order valence-electron chi connectivity index (χ1n) is 9.49. The van der Waals surface area contributed by atoms with E-state index in [1.165, 1.54) is 24.7 Å². The molecule has 31 heavy (non-hydrogen) atoms. The van der Waals surface area contributed by atoms with Gasteiger partial charge in [0.15, 0.2) is 0 Å². The third-order valence-electron chi connectivity index (χ3n) is 4.38. The molecule has 2 amide bonds. The van der Waals surface area contributed by atoms with Gasteiger partial charge in [-0.2, -0.15) is 4.31 Å². The van der Waals surface area contributed by atoms with E-state index in [1.807, 2.05) is 6.92 Å². The van der Waals surface area contributed by atoms with Crippen LogP contribution in [0, 0.1) is 6.92 Å². The summed E-state index contributed by atoms with van der Waals surface area (Å²) in [7, 11) is -4.09. The monoisotopic (exact) mass is 445 g/mol. The molecule has 2 N–H and O–H groups in total. The molecular formula is C21H23N3O6S. The largest absolute Gasteiger partial charge is 0.467 e. The molecule has 0 unspecified atom stereocenters. The fourth-order valence-electron chi connectivity index (χ4n) is 2.72. The summed E-state index contributed by atoms with van der Waals surface area (Å²) in [4.78, 5) is 24.8. The summed E-state index contributed by atoms with van der Waals surface area (Å²) in [6.07, 6.45) is 2.94. The molecule has 3 rings (SSSR count). The quantitative estimate of drug-likeness (QED) is 0.491. The highest BCUT2D eigenvalue weighted by Crippen LogP contribution is 2.16. The average molecular weight is 445 g/mol. The fraction of sp³-hybridized carbons (Fsp3) is 0.238. The van der Waals surface area contributed by atoms with Crippen LogP contribution >= 0.6 is 0 Å². The number of rotatable bonds is 10. The third kappa shape index (κ3) is 6.30. The van der Waals surface area contributed by atoms with Crippen molar-refractivity contribution in [2.24, 2.45) is 0 Å². The number of aryl methyl sites for hydroxylation is 1. The van der Waals surface area contributed by atoms with Crippen LogP contribution in [0.5, 0.6) is 0 Å². The van der Waals surface area contributed by atoms with E-state index in [1.54, 1.807) is 36.4 Å². The van der Waals surface area contributed by atoms with Crippen LogP contribution in [0.3, 0.4) is 0 Å². The summed E-state index contributed by atoms with van der Waals surface area (Å²) in [5.41, 5.74) is 0.887. The van der Waals surface area contributed by atoms with Crippen molar-refractivity contribution in [2.45, 2.75) is 24.9 Å². The van der Waals surface area contributed by atoms with Gasteiger partial charge in [0.1, 0.15) is 11.5 Å². The highest BCUT2D eigenvalue weighted by atomic mass is 32.2. The highest BCUT2D eigenvalue weighted by Gasteiger charge is 2.28. The summed E-state index contributed by atoms with van der Waals surface area (Å²) in [5.74, 6) is -0.0770. The summed E-state index contributed by atoms with van der Waals surface area (Å²) >= 11 is 0.